The van der Waals surface area contributed by atoms with Gasteiger partial charge in [-0.05, 0) is 61.7 Å². The molecule has 7 nitrogen and oxygen atoms in total. The van der Waals surface area contributed by atoms with Crippen molar-refractivity contribution in [2.45, 2.75) is 38.5 Å². The van der Waals surface area contributed by atoms with Crippen molar-refractivity contribution in [2.24, 2.45) is 0 Å². The summed E-state index contributed by atoms with van der Waals surface area (Å²) in [5.74, 6) is -0.898. The first-order valence-electron chi connectivity index (χ1n) is 9.75. The van der Waals surface area contributed by atoms with Crippen LogP contribution in [0.4, 0.5) is 5.69 Å². The van der Waals surface area contributed by atoms with Gasteiger partial charge in [0.2, 0.25) is 15.9 Å². The van der Waals surface area contributed by atoms with Gasteiger partial charge in [-0.2, -0.15) is 4.31 Å². The van der Waals surface area contributed by atoms with Crippen LogP contribution in [0.5, 0.6) is 0 Å². The van der Waals surface area contributed by atoms with Crippen molar-refractivity contribution < 1.29 is 22.7 Å². The number of anilines is 1. The Kier molecular flexibility index (Phi) is 8.14. The van der Waals surface area contributed by atoms with Gasteiger partial charge in [0.25, 0.3) is 0 Å². The van der Waals surface area contributed by atoms with Crippen LogP contribution in [-0.2, 0) is 19.6 Å². The zero-order valence-corrected chi connectivity index (χ0v) is 18.6. The first-order valence-corrected chi connectivity index (χ1v) is 11.2. The van der Waals surface area contributed by atoms with Crippen molar-refractivity contribution in [2.75, 3.05) is 25.5 Å². The van der Waals surface area contributed by atoms with Crippen molar-refractivity contribution in [1.29, 1.82) is 0 Å². The quantitative estimate of drug-likeness (QED) is 0.483. The first-order chi connectivity index (χ1) is 14.1. The van der Waals surface area contributed by atoms with Crippen LogP contribution < -0.4 is 5.32 Å². The number of esters is 1. The van der Waals surface area contributed by atoms with Crippen LogP contribution in [0.2, 0.25) is 0 Å². The van der Waals surface area contributed by atoms with Crippen LogP contribution >= 0.6 is 0 Å². The van der Waals surface area contributed by atoms with Gasteiger partial charge in [-0.1, -0.05) is 25.5 Å². The third kappa shape index (κ3) is 6.14. The van der Waals surface area contributed by atoms with E-state index < -0.39 is 21.9 Å². The summed E-state index contributed by atoms with van der Waals surface area (Å²) >= 11 is 0. The molecule has 0 bridgehead atoms. The van der Waals surface area contributed by atoms with E-state index >= 15 is 0 Å². The Morgan fingerprint density at radius 3 is 2.37 bits per heavy atom. The third-order valence-electron chi connectivity index (χ3n) is 4.53. The summed E-state index contributed by atoms with van der Waals surface area (Å²) in [6.45, 7) is 5.57. The molecule has 1 N–H and O–H groups in total. The molecule has 0 fully saturated rings. The Hall–Kier alpha value is -2.71. The SMILES string of the molecule is CCCCOC(=O)c1ccc(NC(=O)CN(C)S(=O)(=O)c2cc(C)ccc2C)cc1. The third-order valence-corrected chi connectivity index (χ3v) is 6.48. The molecule has 0 aliphatic carbocycles. The van der Waals surface area contributed by atoms with E-state index in [1.54, 1.807) is 43.3 Å². The average Bonchev–Trinajstić information content (AvgIpc) is 2.70. The van der Waals surface area contributed by atoms with Crippen LogP contribution in [0.3, 0.4) is 0 Å². The van der Waals surface area contributed by atoms with Crippen LogP contribution in [-0.4, -0.2) is 44.8 Å². The van der Waals surface area contributed by atoms with Crippen LogP contribution in [0.15, 0.2) is 47.4 Å². The number of unbranched alkanes of at least 4 members (excludes halogenated alkanes) is 1. The highest BCUT2D eigenvalue weighted by atomic mass is 32.2. The average molecular weight is 433 g/mol. The normalized spacial score (nSPS) is 11.4. The minimum absolute atomic E-state index is 0.184. The second kappa shape index (κ2) is 10.4. The molecule has 0 aliphatic rings. The fourth-order valence-corrected chi connectivity index (χ4v) is 4.16. The van der Waals surface area contributed by atoms with Gasteiger partial charge in [0.1, 0.15) is 0 Å². The molecule has 8 heteroatoms. The number of carbonyl (C=O) groups excluding carboxylic acids is 2. The number of likely N-dealkylation sites (N-methyl/N-ethyl adjacent to an activating group) is 1. The number of nitrogens with zero attached hydrogens (tertiary/aromatic N) is 1. The topological polar surface area (TPSA) is 92.8 Å². The maximum absolute atomic E-state index is 12.8. The molecule has 1 amide bonds. The van der Waals surface area contributed by atoms with Crippen molar-refractivity contribution in [3.8, 4) is 0 Å². The summed E-state index contributed by atoms with van der Waals surface area (Å²) in [4.78, 5) is 24.4. The van der Waals surface area contributed by atoms with E-state index in [2.05, 4.69) is 5.32 Å². The molecule has 0 unspecified atom stereocenters. The Labute approximate surface area is 178 Å². The van der Waals surface area contributed by atoms with Gasteiger partial charge in [0.15, 0.2) is 0 Å². The molecule has 0 atom stereocenters. The Balaban J connectivity index is 1.99. The van der Waals surface area contributed by atoms with E-state index in [0.717, 1.165) is 22.7 Å². The number of nitrogens with one attached hydrogen (secondary N) is 1. The van der Waals surface area contributed by atoms with E-state index in [4.69, 9.17) is 4.74 Å². The van der Waals surface area contributed by atoms with E-state index in [0.29, 0.717) is 23.4 Å². The largest absolute Gasteiger partial charge is 0.462 e. The number of sulfonamides is 1. The monoisotopic (exact) mass is 432 g/mol. The summed E-state index contributed by atoms with van der Waals surface area (Å²) in [6, 6.07) is 11.4. The fraction of sp³-hybridized carbons (Fsp3) is 0.364. The van der Waals surface area contributed by atoms with Crippen molar-refractivity contribution in [1.82, 2.24) is 4.31 Å². The van der Waals surface area contributed by atoms with E-state index in [-0.39, 0.29) is 11.4 Å². The van der Waals surface area contributed by atoms with Crippen LogP contribution in [0, 0.1) is 13.8 Å². The number of carbonyl (C=O) groups is 2. The molecule has 0 saturated carbocycles. The molecule has 0 radical (unpaired) electrons. The van der Waals surface area contributed by atoms with E-state index in [9.17, 15) is 18.0 Å². The molecular formula is C22H28N2O5S. The summed E-state index contributed by atoms with van der Waals surface area (Å²) < 4.78 is 31.8. The number of hydrogen-bond acceptors (Lipinski definition) is 5. The molecule has 0 spiro atoms. The maximum atomic E-state index is 12.8. The highest BCUT2D eigenvalue weighted by Gasteiger charge is 2.24. The lowest BCUT2D eigenvalue weighted by molar-refractivity contribution is -0.116. The fourth-order valence-electron chi connectivity index (χ4n) is 2.72. The van der Waals surface area contributed by atoms with Gasteiger partial charge in [0, 0.05) is 12.7 Å². The second-order valence-corrected chi connectivity index (χ2v) is 9.16. The zero-order chi connectivity index (χ0) is 22.3. The molecular weight excluding hydrogens is 404 g/mol. The van der Waals surface area contributed by atoms with Crippen molar-refractivity contribution >= 4 is 27.6 Å². The van der Waals surface area contributed by atoms with Gasteiger partial charge in [-0.25, -0.2) is 13.2 Å². The summed E-state index contributed by atoms with van der Waals surface area (Å²) in [7, 11) is -2.43. The number of amides is 1. The number of rotatable bonds is 9. The summed E-state index contributed by atoms with van der Waals surface area (Å²) in [5, 5.41) is 2.64. The van der Waals surface area contributed by atoms with Gasteiger partial charge in [-0.15, -0.1) is 0 Å². The Morgan fingerprint density at radius 1 is 1.07 bits per heavy atom. The molecule has 0 heterocycles. The number of aryl methyl sites for hydroxylation is 2. The molecule has 30 heavy (non-hydrogen) atoms. The van der Waals surface area contributed by atoms with Gasteiger partial charge < -0.3 is 10.1 Å². The lowest BCUT2D eigenvalue weighted by Crippen LogP contribution is -2.35. The first kappa shape index (κ1) is 23.6. The van der Waals surface area contributed by atoms with E-state index in [1.165, 1.54) is 7.05 Å². The van der Waals surface area contributed by atoms with Crippen molar-refractivity contribution in [3.05, 3.63) is 59.2 Å². The number of benzene rings is 2. The highest BCUT2D eigenvalue weighted by Crippen LogP contribution is 2.20. The summed E-state index contributed by atoms with van der Waals surface area (Å²) in [6.07, 6.45) is 1.74. The minimum Gasteiger partial charge on any atom is -0.462 e. The van der Waals surface area contributed by atoms with Gasteiger partial charge >= 0.3 is 5.97 Å². The van der Waals surface area contributed by atoms with Crippen LogP contribution in [0.25, 0.3) is 0 Å². The standard InChI is InChI=1S/C22H28N2O5S/c1-5-6-13-29-22(26)18-9-11-19(12-10-18)23-21(25)15-24(4)30(27,28)20-14-16(2)7-8-17(20)3/h7-12,14H,5-6,13,15H2,1-4H3,(H,23,25). The number of ether oxygens (including phenoxy) is 1. The smallest absolute Gasteiger partial charge is 0.338 e. The predicted octanol–water partition coefficient (Wildman–Crippen LogP) is 3.52. The van der Waals surface area contributed by atoms with E-state index in [1.807, 2.05) is 19.9 Å². The second-order valence-electron chi connectivity index (χ2n) is 7.15. The lowest BCUT2D eigenvalue weighted by atomic mass is 10.2. The summed E-state index contributed by atoms with van der Waals surface area (Å²) in [5.41, 5.74) is 2.29. The Bertz CT molecular complexity index is 1000. The predicted molar refractivity (Wildman–Crippen MR) is 116 cm³/mol. The van der Waals surface area contributed by atoms with Gasteiger partial charge in [-0.3, -0.25) is 4.79 Å². The number of hydrogen-bond donors (Lipinski definition) is 1. The van der Waals surface area contributed by atoms with Crippen molar-refractivity contribution in [3.63, 3.8) is 0 Å². The zero-order valence-electron chi connectivity index (χ0n) is 17.8. The molecule has 0 aliphatic heterocycles. The molecule has 2 aromatic carbocycles. The minimum atomic E-state index is -3.80. The Morgan fingerprint density at radius 2 is 1.73 bits per heavy atom. The molecule has 162 valence electrons. The molecule has 0 saturated heterocycles. The highest BCUT2D eigenvalue weighted by molar-refractivity contribution is 7.89. The molecule has 0 aromatic heterocycles. The molecule has 2 aromatic rings. The van der Waals surface area contributed by atoms with Crippen LogP contribution in [0.1, 0.15) is 41.3 Å². The van der Waals surface area contributed by atoms with Gasteiger partial charge in [0.05, 0.1) is 23.6 Å². The lowest BCUT2D eigenvalue weighted by Gasteiger charge is -2.18. The maximum Gasteiger partial charge on any atom is 0.338 e. The molecule has 2 rings (SSSR count).